The van der Waals surface area contributed by atoms with E-state index in [1.54, 1.807) is 0 Å². The number of nitrogens with one attached hydrogen (secondary N) is 1. The quantitative estimate of drug-likeness (QED) is 0.353. The van der Waals surface area contributed by atoms with Crippen molar-refractivity contribution in [3.05, 3.63) is 0 Å². The van der Waals surface area contributed by atoms with Crippen LogP contribution < -0.4 is 5.32 Å². The second-order valence-corrected chi connectivity index (χ2v) is 6.93. The molecule has 0 radical (unpaired) electrons. The summed E-state index contributed by atoms with van der Waals surface area (Å²) >= 11 is 0. The fourth-order valence-corrected chi connectivity index (χ4v) is 2.83. The first-order valence-electron chi connectivity index (χ1n) is 10.5. The summed E-state index contributed by atoms with van der Waals surface area (Å²) in [5.74, 6) is 0.991. The van der Waals surface area contributed by atoms with Gasteiger partial charge >= 0.3 is 0 Å². The molecule has 0 aliphatic rings. The molecule has 5 nitrogen and oxygen atoms in total. The molecular weight excluding hydrogens is 328 g/mol. The van der Waals surface area contributed by atoms with Gasteiger partial charge in [-0.3, -0.25) is 14.4 Å². The molecule has 0 rings (SSSR count). The number of nitrogens with zero attached hydrogens (tertiary/aromatic N) is 1. The molecule has 1 N–H and O–H groups in total. The van der Waals surface area contributed by atoms with Crippen molar-refractivity contribution in [2.75, 3.05) is 32.7 Å². The van der Waals surface area contributed by atoms with Crippen molar-refractivity contribution in [1.82, 2.24) is 10.2 Å². The Morgan fingerprint density at radius 3 is 1.46 bits per heavy atom. The fraction of sp³-hybridized carbons (Fsp3) is 0.857. The molecule has 0 aromatic heterocycles. The normalized spacial score (nSPS) is 11.1. The van der Waals surface area contributed by atoms with Crippen molar-refractivity contribution in [1.29, 1.82) is 0 Å². The number of carbonyl (C=O) groups excluding carboxylic acids is 3. The molecule has 0 atom stereocenters. The lowest BCUT2D eigenvalue weighted by Crippen LogP contribution is -2.30. The van der Waals surface area contributed by atoms with Gasteiger partial charge in [-0.15, -0.1) is 0 Å². The number of rotatable bonds is 19. The van der Waals surface area contributed by atoms with Crippen LogP contribution in [0.1, 0.15) is 85.0 Å². The SMILES string of the molecule is CCC(=O)CCCNCCCN(CCCC(=O)CC)CCCC(=O)CC. The van der Waals surface area contributed by atoms with E-state index in [-0.39, 0.29) is 0 Å². The number of carbonyl (C=O) groups is 3. The average Bonchev–Trinajstić information content (AvgIpc) is 2.65. The summed E-state index contributed by atoms with van der Waals surface area (Å²) in [6.07, 6.45) is 7.63. The summed E-state index contributed by atoms with van der Waals surface area (Å²) in [5, 5.41) is 3.40. The van der Waals surface area contributed by atoms with E-state index in [0.29, 0.717) is 55.9 Å². The molecule has 0 aliphatic heterocycles. The summed E-state index contributed by atoms with van der Waals surface area (Å²) in [6.45, 7) is 10.4. The Kier molecular flexibility index (Phi) is 16.6. The van der Waals surface area contributed by atoms with Crippen LogP contribution in [0.2, 0.25) is 0 Å². The van der Waals surface area contributed by atoms with Crippen molar-refractivity contribution < 1.29 is 14.4 Å². The molecular formula is C21H40N2O3. The van der Waals surface area contributed by atoms with Crippen molar-refractivity contribution in [2.24, 2.45) is 0 Å². The number of ketones is 3. The molecule has 0 amide bonds. The van der Waals surface area contributed by atoms with E-state index in [1.165, 1.54) is 0 Å². The monoisotopic (exact) mass is 368 g/mol. The molecule has 0 unspecified atom stereocenters. The first-order valence-corrected chi connectivity index (χ1v) is 10.5. The van der Waals surface area contributed by atoms with E-state index in [4.69, 9.17) is 0 Å². The van der Waals surface area contributed by atoms with E-state index in [1.807, 2.05) is 20.8 Å². The maximum absolute atomic E-state index is 11.5. The largest absolute Gasteiger partial charge is 0.317 e. The zero-order valence-electron chi connectivity index (χ0n) is 17.3. The van der Waals surface area contributed by atoms with Crippen LogP contribution in [-0.4, -0.2) is 55.0 Å². The van der Waals surface area contributed by atoms with Gasteiger partial charge in [0.2, 0.25) is 0 Å². The number of hydrogen-bond donors (Lipinski definition) is 1. The van der Waals surface area contributed by atoms with Crippen molar-refractivity contribution in [2.45, 2.75) is 85.0 Å². The van der Waals surface area contributed by atoms with Crippen LogP contribution in [0.5, 0.6) is 0 Å². The molecule has 0 aromatic carbocycles. The maximum Gasteiger partial charge on any atom is 0.132 e. The second kappa shape index (κ2) is 17.3. The van der Waals surface area contributed by atoms with E-state index in [2.05, 4.69) is 10.2 Å². The first kappa shape index (κ1) is 24.9. The van der Waals surface area contributed by atoms with Gasteiger partial charge in [-0.2, -0.15) is 0 Å². The molecule has 5 heteroatoms. The van der Waals surface area contributed by atoms with Gasteiger partial charge in [0, 0.05) is 38.5 Å². The van der Waals surface area contributed by atoms with E-state index in [9.17, 15) is 14.4 Å². The summed E-state index contributed by atoms with van der Waals surface area (Å²) in [5.41, 5.74) is 0. The van der Waals surface area contributed by atoms with Gasteiger partial charge in [-0.1, -0.05) is 20.8 Å². The van der Waals surface area contributed by atoms with Gasteiger partial charge in [-0.25, -0.2) is 0 Å². The highest BCUT2D eigenvalue weighted by Gasteiger charge is 2.08. The molecule has 0 aromatic rings. The third-order valence-corrected chi connectivity index (χ3v) is 4.68. The summed E-state index contributed by atoms with van der Waals surface area (Å²) in [4.78, 5) is 36.6. The van der Waals surface area contributed by atoms with Gasteiger partial charge in [0.25, 0.3) is 0 Å². The third kappa shape index (κ3) is 15.2. The lowest BCUT2D eigenvalue weighted by molar-refractivity contribution is -0.119. The number of Topliss-reactive ketones (excluding diaryl/α,β-unsaturated/α-hetero) is 3. The average molecular weight is 369 g/mol. The Labute approximate surface area is 160 Å². The topological polar surface area (TPSA) is 66.5 Å². The molecule has 26 heavy (non-hydrogen) atoms. The van der Waals surface area contributed by atoms with Crippen molar-refractivity contribution >= 4 is 17.3 Å². The smallest absolute Gasteiger partial charge is 0.132 e. The minimum Gasteiger partial charge on any atom is -0.317 e. The highest BCUT2D eigenvalue weighted by molar-refractivity contribution is 5.78. The van der Waals surface area contributed by atoms with Gasteiger partial charge in [0.05, 0.1) is 0 Å². The minimum absolute atomic E-state index is 0.328. The zero-order valence-corrected chi connectivity index (χ0v) is 17.3. The predicted octanol–water partition coefficient (Wildman–Crippen LogP) is 3.55. The van der Waals surface area contributed by atoms with Crippen LogP contribution in [0, 0.1) is 0 Å². The van der Waals surface area contributed by atoms with E-state index >= 15 is 0 Å². The summed E-state index contributed by atoms with van der Waals surface area (Å²) in [6, 6.07) is 0. The van der Waals surface area contributed by atoms with Crippen LogP contribution in [0.25, 0.3) is 0 Å². The zero-order chi connectivity index (χ0) is 19.6. The van der Waals surface area contributed by atoms with Crippen molar-refractivity contribution in [3.8, 4) is 0 Å². The second-order valence-electron chi connectivity index (χ2n) is 6.93. The van der Waals surface area contributed by atoms with Crippen LogP contribution in [0.3, 0.4) is 0 Å². The third-order valence-electron chi connectivity index (χ3n) is 4.68. The highest BCUT2D eigenvalue weighted by Crippen LogP contribution is 2.04. The Morgan fingerprint density at radius 1 is 0.615 bits per heavy atom. The molecule has 0 aliphatic carbocycles. The van der Waals surface area contributed by atoms with Crippen LogP contribution >= 0.6 is 0 Å². The molecule has 0 saturated heterocycles. The van der Waals surface area contributed by atoms with E-state index in [0.717, 1.165) is 58.4 Å². The van der Waals surface area contributed by atoms with Crippen molar-refractivity contribution in [3.63, 3.8) is 0 Å². The van der Waals surface area contributed by atoms with Crippen LogP contribution in [0.15, 0.2) is 0 Å². The van der Waals surface area contributed by atoms with Gasteiger partial charge < -0.3 is 10.2 Å². The summed E-state index contributed by atoms with van der Waals surface area (Å²) < 4.78 is 0. The lowest BCUT2D eigenvalue weighted by Gasteiger charge is -2.22. The summed E-state index contributed by atoms with van der Waals surface area (Å²) in [7, 11) is 0. The minimum atomic E-state index is 0.328. The first-order chi connectivity index (χ1) is 12.5. The van der Waals surface area contributed by atoms with Crippen LogP contribution in [0.4, 0.5) is 0 Å². The molecule has 0 spiro atoms. The fourth-order valence-electron chi connectivity index (χ4n) is 2.83. The lowest BCUT2D eigenvalue weighted by atomic mass is 10.1. The molecule has 0 heterocycles. The Morgan fingerprint density at radius 2 is 1.00 bits per heavy atom. The Bertz CT molecular complexity index is 375. The Hall–Kier alpha value is -1.07. The molecule has 0 bridgehead atoms. The molecule has 0 saturated carbocycles. The van der Waals surface area contributed by atoms with Gasteiger partial charge in [0.1, 0.15) is 17.3 Å². The Balaban J connectivity index is 3.95. The number of hydrogen-bond acceptors (Lipinski definition) is 5. The van der Waals surface area contributed by atoms with E-state index < -0.39 is 0 Å². The predicted molar refractivity (Wildman–Crippen MR) is 108 cm³/mol. The van der Waals surface area contributed by atoms with Gasteiger partial charge in [-0.05, 0) is 58.4 Å². The van der Waals surface area contributed by atoms with Gasteiger partial charge in [0.15, 0.2) is 0 Å². The molecule has 0 fully saturated rings. The van der Waals surface area contributed by atoms with Crippen LogP contribution in [-0.2, 0) is 14.4 Å². The maximum atomic E-state index is 11.5. The highest BCUT2D eigenvalue weighted by atomic mass is 16.1. The molecule has 152 valence electrons. The standard InChI is InChI=1S/C21H40N2O3/c1-4-19(24)11-7-14-22-15-10-18-23(16-8-12-20(25)5-2)17-9-13-21(26)6-3/h22H,4-18H2,1-3H3.